The van der Waals surface area contributed by atoms with E-state index >= 15 is 0 Å². The molecule has 2 nitrogen and oxygen atoms in total. The quantitative estimate of drug-likeness (QED) is 0.784. The van der Waals surface area contributed by atoms with Gasteiger partial charge in [-0.1, -0.05) is 6.07 Å². The summed E-state index contributed by atoms with van der Waals surface area (Å²) in [6.45, 7) is 1.68. The van der Waals surface area contributed by atoms with Crippen LogP contribution in [-0.2, 0) is 11.2 Å². The van der Waals surface area contributed by atoms with Crippen LogP contribution in [-0.4, -0.2) is 17.5 Å². The molecule has 0 aromatic carbocycles. The molecular weight excluding hydrogens is 184 g/mol. The SMILES string of the molecule is CC(=O)C(CCO)Cc1cccs1. The van der Waals surface area contributed by atoms with Crippen LogP contribution in [0.3, 0.4) is 0 Å². The molecule has 1 N–H and O–H groups in total. The molecule has 0 radical (unpaired) electrons. The summed E-state index contributed by atoms with van der Waals surface area (Å²) < 4.78 is 0. The van der Waals surface area contributed by atoms with Gasteiger partial charge in [-0.05, 0) is 31.2 Å². The Morgan fingerprint density at radius 1 is 1.69 bits per heavy atom. The zero-order chi connectivity index (χ0) is 9.68. The summed E-state index contributed by atoms with van der Waals surface area (Å²) >= 11 is 1.66. The van der Waals surface area contributed by atoms with Gasteiger partial charge in [0, 0.05) is 17.4 Å². The highest BCUT2D eigenvalue weighted by Gasteiger charge is 2.14. The number of ketones is 1. The van der Waals surface area contributed by atoms with Crippen LogP contribution in [0.4, 0.5) is 0 Å². The first kappa shape index (κ1) is 10.4. The van der Waals surface area contributed by atoms with Crippen LogP contribution >= 0.6 is 11.3 Å². The maximum absolute atomic E-state index is 11.2. The summed E-state index contributed by atoms with van der Waals surface area (Å²) in [7, 11) is 0. The van der Waals surface area contributed by atoms with Crippen molar-refractivity contribution in [2.24, 2.45) is 5.92 Å². The summed E-state index contributed by atoms with van der Waals surface area (Å²) in [5.74, 6) is 0.158. The lowest BCUT2D eigenvalue weighted by Crippen LogP contribution is -2.14. The number of thiophene rings is 1. The molecule has 72 valence electrons. The Labute approximate surface area is 82.2 Å². The van der Waals surface area contributed by atoms with E-state index in [2.05, 4.69) is 0 Å². The van der Waals surface area contributed by atoms with Crippen LogP contribution in [0.2, 0.25) is 0 Å². The number of hydrogen-bond donors (Lipinski definition) is 1. The van der Waals surface area contributed by atoms with Gasteiger partial charge in [-0.25, -0.2) is 0 Å². The van der Waals surface area contributed by atoms with Gasteiger partial charge < -0.3 is 5.11 Å². The summed E-state index contributed by atoms with van der Waals surface area (Å²) in [4.78, 5) is 12.4. The van der Waals surface area contributed by atoms with Gasteiger partial charge in [0.1, 0.15) is 5.78 Å². The molecule has 0 spiro atoms. The molecule has 1 rings (SSSR count). The molecule has 0 bridgehead atoms. The Bertz CT molecular complexity index is 254. The fraction of sp³-hybridized carbons (Fsp3) is 0.500. The van der Waals surface area contributed by atoms with Gasteiger partial charge in [0.15, 0.2) is 0 Å². The molecule has 0 saturated carbocycles. The van der Waals surface area contributed by atoms with Crippen LogP contribution in [0.15, 0.2) is 17.5 Å². The van der Waals surface area contributed by atoms with E-state index < -0.39 is 0 Å². The van der Waals surface area contributed by atoms with Crippen molar-refractivity contribution in [2.45, 2.75) is 19.8 Å². The van der Waals surface area contributed by atoms with Gasteiger partial charge in [-0.15, -0.1) is 11.3 Å². The van der Waals surface area contributed by atoms with E-state index in [1.54, 1.807) is 18.3 Å². The largest absolute Gasteiger partial charge is 0.396 e. The minimum absolute atomic E-state index is 0.0105. The predicted octanol–water partition coefficient (Wildman–Crippen LogP) is 1.88. The highest BCUT2D eigenvalue weighted by Crippen LogP contribution is 2.17. The molecule has 0 aliphatic heterocycles. The van der Waals surface area contributed by atoms with Crippen molar-refractivity contribution in [3.8, 4) is 0 Å². The van der Waals surface area contributed by atoms with Crippen LogP contribution in [0, 0.1) is 5.92 Å². The zero-order valence-electron chi connectivity index (χ0n) is 7.69. The second-order valence-electron chi connectivity index (χ2n) is 3.10. The molecule has 1 heterocycles. The molecule has 1 aromatic heterocycles. The molecule has 0 saturated heterocycles. The van der Waals surface area contributed by atoms with Crippen LogP contribution in [0.1, 0.15) is 18.2 Å². The van der Waals surface area contributed by atoms with E-state index in [-0.39, 0.29) is 18.3 Å². The number of Topliss-reactive ketones (excluding diaryl/α,β-unsaturated/α-hetero) is 1. The maximum atomic E-state index is 11.2. The first-order chi connectivity index (χ1) is 6.24. The normalized spacial score (nSPS) is 12.8. The van der Waals surface area contributed by atoms with Gasteiger partial charge in [-0.2, -0.15) is 0 Å². The Morgan fingerprint density at radius 3 is 2.92 bits per heavy atom. The third-order valence-corrected chi connectivity index (χ3v) is 2.98. The minimum atomic E-state index is -0.0105. The van der Waals surface area contributed by atoms with Crippen molar-refractivity contribution in [3.05, 3.63) is 22.4 Å². The molecule has 0 aliphatic carbocycles. The highest BCUT2D eigenvalue weighted by atomic mass is 32.1. The first-order valence-corrected chi connectivity index (χ1v) is 5.25. The highest BCUT2D eigenvalue weighted by molar-refractivity contribution is 7.09. The lowest BCUT2D eigenvalue weighted by molar-refractivity contribution is -0.121. The number of carbonyl (C=O) groups excluding carboxylic acids is 1. The summed E-state index contributed by atoms with van der Waals surface area (Å²) in [5.41, 5.74) is 0. The topological polar surface area (TPSA) is 37.3 Å². The Kier molecular flexibility index (Phi) is 4.12. The molecule has 3 heteroatoms. The number of aliphatic hydroxyl groups is 1. The van der Waals surface area contributed by atoms with Gasteiger partial charge in [0.05, 0.1) is 0 Å². The fourth-order valence-corrected chi connectivity index (χ4v) is 2.06. The molecule has 1 unspecified atom stereocenters. The van der Waals surface area contributed by atoms with Crippen molar-refractivity contribution < 1.29 is 9.90 Å². The molecule has 0 aliphatic rings. The van der Waals surface area contributed by atoms with Crippen LogP contribution < -0.4 is 0 Å². The molecule has 1 atom stereocenters. The average Bonchev–Trinajstić information content (AvgIpc) is 2.56. The smallest absolute Gasteiger partial charge is 0.133 e. The van der Waals surface area contributed by atoms with Gasteiger partial charge in [-0.3, -0.25) is 4.79 Å². The van der Waals surface area contributed by atoms with Gasteiger partial charge >= 0.3 is 0 Å². The molecule has 13 heavy (non-hydrogen) atoms. The third kappa shape index (κ3) is 3.28. The second kappa shape index (κ2) is 5.14. The van der Waals surface area contributed by atoms with Crippen molar-refractivity contribution in [1.82, 2.24) is 0 Å². The van der Waals surface area contributed by atoms with E-state index in [0.717, 1.165) is 6.42 Å². The van der Waals surface area contributed by atoms with E-state index in [1.165, 1.54) is 4.88 Å². The summed E-state index contributed by atoms with van der Waals surface area (Å²) in [6.07, 6.45) is 1.35. The Morgan fingerprint density at radius 2 is 2.46 bits per heavy atom. The lowest BCUT2D eigenvalue weighted by Gasteiger charge is -2.10. The van der Waals surface area contributed by atoms with E-state index in [0.29, 0.717) is 6.42 Å². The molecule has 1 aromatic rings. The Hall–Kier alpha value is -0.670. The van der Waals surface area contributed by atoms with Gasteiger partial charge in [0.2, 0.25) is 0 Å². The predicted molar refractivity (Wildman–Crippen MR) is 53.9 cm³/mol. The maximum Gasteiger partial charge on any atom is 0.133 e. The monoisotopic (exact) mass is 198 g/mol. The van der Waals surface area contributed by atoms with Crippen molar-refractivity contribution in [2.75, 3.05) is 6.61 Å². The number of rotatable bonds is 5. The Balaban J connectivity index is 2.52. The minimum Gasteiger partial charge on any atom is -0.396 e. The lowest BCUT2D eigenvalue weighted by atomic mass is 9.97. The molecule has 0 amide bonds. The number of hydrogen-bond acceptors (Lipinski definition) is 3. The van der Waals surface area contributed by atoms with E-state index in [4.69, 9.17) is 5.11 Å². The molecular formula is C10H14O2S. The first-order valence-electron chi connectivity index (χ1n) is 4.37. The number of aliphatic hydroxyl groups excluding tert-OH is 1. The van der Waals surface area contributed by atoms with Crippen LogP contribution in [0.5, 0.6) is 0 Å². The van der Waals surface area contributed by atoms with Crippen molar-refractivity contribution >= 4 is 17.1 Å². The average molecular weight is 198 g/mol. The third-order valence-electron chi connectivity index (χ3n) is 2.08. The second-order valence-corrected chi connectivity index (χ2v) is 4.14. The zero-order valence-corrected chi connectivity index (χ0v) is 8.51. The van der Waals surface area contributed by atoms with Crippen molar-refractivity contribution in [3.63, 3.8) is 0 Å². The van der Waals surface area contributed by atoms with E-state index in [1.807, 2.05) is 17.5 Å². The van der Waals surface area contributed by atoms with Crippen molar-refractivity contribution in [1.29, 1.82) is 0 Å². The number of carbonyl (C=O) groups is 1. The summed E-state index contributed by atoms with van der Waals surface area (Å²) in [5, 5.41) is 10.8. The standard InChI is InChI=1S/C10H14O2S/c1-8(12)9(4-5-11)7-10-3-2-6-13-10/h2-3,6,9,11H,4-5,7H2,1H3. The van der Waals surface area contributed by atoms with E-state index in [9.17, 15) is 4.79 Å². The van der Waals surface area contributed by atoms with Gasteiger partial charge in [0.25, 0.3) is 0 Å². The fourth-order valence-electron chi connectivity index (χ4n) is 1.28. The molecule has 0 fully saturated rings. The van der Waals surface area contributed by atoms with Crippen LogP contribution in [0.25, 0.3) is 0 Å². The summed E-state index contributed by atoms with van der Waals surface area (Å²) in [6, 6.07) is 4.01.